The molecule has 2 aromatic heterocycles. The van der Waals surface area contributed by atoms with Crippen molar-refractivity contribution in [2.45, 2.75) is 25.1 Å². The van der Waals surface area contributed by atoms with Crippen LogP contribution in [0.2, 0.25) is 0 Å². The molecule has 0 radical (unpaired) electrons. The number of nitrogens with zero attached hydrogens (tertiary/aromatic N) is 4. The highest BCUT2D eigenvalue weighted by atomic mass is 79.9. The summed E-state index contributed by atoms with van der Waals surface area (Å²) in [4.78, 5) is 6.66. The van der Waals surface area contributed by atoms with Gasteiger partial charge in [0.1, 0.15) is 11.8 Å². The fourth-order valence-corrected chi connectivity index (χ4v) is 3.74. The first-order valence-electron chi connectivity index (χ1n) is 8.60. The van der Waals surface area contributed by atoms with Crippen molar-refractivity contribution in [3.63, 3.8) is 0 Å². The molecule has 136 valence electrons. The van der Waals surface area contributed by atoms with Crippen LogP contribution in [0.3, 0.4) is 0 Å². The van der Waals surface area contributed by atoms with Crippen LogP contribution in [0.4, 0.5) is 11.5 Å². The lowest BCUT2D eigenvalue weighted by molar-refractivity contribution is 0.0501. The Morgan fingerprint density at radius 1 is 1.35 bits per heavy atom. The number of hydrogen-bond acceptors (Lipinski definition) is 6. The van der Waals surface area contributed by atoms with E-state index in [2.05, 4.69) is 42.3 Å². The van der Waals surface area contributed by atoms with Crippen LogP contribution >= 0.6 is 15.9 Å². The summed E-state index contributed by atoms with van der Waals surface area (Å²) in [5.74, 6) is 0.757. The highest BCUT2D eigenvalue weighted by Crippen LogP contribution is 2.26. The number of aromatic nitrogens is 3. The molecule has 0 bridgehead atoms. The first-order chi connectivity index (χ1) is 12.6. The van der Waals surface area contributed by atoms with Crippen LogP contribution in [-0.4, -0.2) is 49.8 Å². The minimum Gasteiger partial charge on any atom is -0.390 e. The van der Waals surface area contributed by atoms with Crippen LogP contribution in [0.25, 0.3) is 5.52 Å². The topological polar surface area (TPSA) is 91.7 Å². The van der Waals surface area contributed by atoms with Gasteiger partial charge in [-0.3, -0.25) is 4.90 Å². The SMILES string of the molecule is N[C@@H]1CCN(Cc2ccn3ncnc(Nc4cccc(Br)c4)c23)C[C@H]1O. The number of halogens is 1. The zero-order chi connectivity index (χ0) is 18.1. The second-order valence-corrected chi connectivity index (χ2v) is 7.55. The number of fused-ring (bicyclic) bond motifs is 1. The van der Waals surface area contributed by atoms with Crippen molar-refractivity contribution in [3.8, 4) is 0 Å². The van der Waals surface area contributed by atoms with Gasteiger partial charge in [0, 0.05) is 42.0 Å². The van der Waals surface area contributed by atoms with E-state index < -0.39 is 6.10 Å². The minimum absolute atomic E-state index is 0.130. The number of aliphatic hydroxyl groups is 1. The maximum absolute atomic E-state index is 10.1. The molecule has 1 aromatic carbocycles. The van der Waals surface area contributed by atoms with E-state index in [0.717, 1.165) is 46.6 Å². The van der Waals surface area contributed by atoms with Crippen molar-refractivity contribution in [2.24, 2.45) is 5.73 Å². The lowest BCUT2D eigenvalue weighted by atomic mass is 10.0. The molecule has 0 saturated carbocycles. The number of β-amino-alcohol motifs (C(OH)–C–C–N with tert-alkyl or cyclic N) is 1. The molecule has 0 aliphatic carbocycles. The number of rotatable bonds is 4. The van der Waals surface area contributed by atoms with E-state index in [1.165, 1.54) is 0 Å². The molecule has 2 atom stereocenters. The van der Waals surface area contributed by atoms with Gasteiger partial charge < -0.3 is 16.2 Å². The lowest BCUT2D eigenvalue weighted by Gasteiger charge is -2.33. The van der Waals surface area contributed by atoms with E-state index in [4.69, 9.17) is 5.73 Å². The Hall–Kier alpha value is -2.00. The molecule has 3 heterocycles. The summed E-state index contributed by atoms with van der Waals surface area (Å²) in [5, 5.41) is 17.7. The molecule has 0 amide bonds. The highest BCUT2D eigenvalue weighted by molar-refractivity contribution is 9.10. The second kappa shape index (κ2) is 7.32. The van der Waals surface area contributed by atoms with E-state index in [1.807, 2.05) is 35.0 Å². The van der Waals surface area contributed by atoms with Crippen molar-refractivity contribution in [1.82, 2.24) is 19.5 Å². The molecule has 1 aliphatic heterocycles. The largest absolute Gasteiger partial charge is 0.390 e. The van der Waals surface area contributed by atoms with Crippen molar-refractivity contribution in [2.75, 3.05) is 18.4 Å². The summed E-state index contributed by atoms with van der Waals surface area (Å²) in [6.45, 7) is 2.18. The first kappa shape index (κ1) is 17.4. The Bertz CT molecular complexity index is 914. The monoisotopic (exact) mass is 416 g/mol. The predicted octanol–water partition coefficient (Wildman–Crippen LogP) is 2.13. The first-order valence-corrected chi connectivity index (χ1v) is 9.39. The number of benzene rings is 1. The predicted molar refractivity (Wildman–Crippen MR) is 104 cm³/mol. The number of likely N-dealkylation sites (tertiary alicyclic amines) is 1. The normalized spacial score (nSPS) is 21.2. The Labute approximate surface area is 160 Å². The third-order valence-electron chi connectivity index (χ3n) is 4.74. The van der Waals surface area contributed by atoms with Crippen LogP contribution < -0.4 is 11.1 Å². The summed E-state index contributed by atoms with van der Waals surface area (Å²) < 4.78 is 2.83. The lowest BCUT2D eigenvalue weighted by Crippen LogP contribution is -2.50. The molecule has 0 spiro atoms. The number of aliphatic hydroxyl groups excluding tert-OH is 1. The summed E-state index contributed by atoms with van der Waals surface area (Å²) >= 11 is 3.49. The number of hydrogen-bond donors (Lipinski definition) is 3. The van der Waals surface area contributed by atoms with Crippen molar-refractivity contribution < 1.29 is 5.11 Å². The molecule has 0 unspecified atom stereocenters. The van der Waals surface area contributed by atoms with Gasteiger partial charge in [-0.1, -0.05) is 22.0 Å². The van der Waals surface area contributed by atoms with Gasteiger partial charge >= 0.3 is 0 Å². The van der Waals surface area contributed by atoms with Crippen LogP contribution in [0, 0.1) is 0 Å². The van der Waals surface area contributed by atoms with Gasteiger partial charge in [0.05, 0.1) is 6.10 Å². The fraction of sp³-hybridized carbons (Fsp3) is 0.333. The zero-order valence-corrected chi connectivity index (χ0v) is 15.8. The van der Waals surface area contributed by atoms with Gasteiger partial charge in [-0.05, 0) is 36.2 Å². The van der Waals surface area contributed by atoms with Gasteiger partial charge in [0.25, 0.3) is 0 Å². The molecule has 1 saturated heterocycles. The van der Waals surface area contributed by atoms with Crippen LogP contribution in [0.15, 0.2) is 47.3 Å². The quantitative estimate of drug-likeness (QED) is 0.603. The Morgan fingerprint density at radius 3 is 3.04 bits per heavy atom. The van der Waals surface area contributed by atoms with Crippen LogP contribution in [0.1, 0.15) is 12.0 Å². The maximum Gasteiger partial charge on any atom is 0.158 e. The third kappa shape index (κ3) is 3.59. The molecular weight excluding hydrogens is 396 g/mol. The summed E-state index contributed by atoms with van der Waals surface area (Å²) in [5.41, 5.74) is 8.92. The molecule has 8 heteroatoms. The van der Waals surface area contributed by atoms with Gasteiger partial charge in [-0.15, -0.1) is 0 Å². The number of nitrogens with two attached hydrogens (primary N) is 1. The van der Waals surface area contributed by atoms with Gasteiger partial charge in [-0.25, -0.2) is 9.50 Å². The number of nitrogens with one attached hydrogen (secondary N) is 1. The third-order valence-corrected chi connectivity index (χ3v) is 5.23. The van der Waals surface area contributed by atoms with E-state index >= 15 is 0 Å². The minimum atomic E-state index is -0.479. The molecule has 26 heavy (non-hydrogen) atoms. The Kier molecular flexibility index (Phi) is 4.90. The van der Waals surface area contributed by atoms with Crippen molar-refractivity contribution >= 4 is 33.0 Å². The van der Waals surface area contributed by atoms with Gasteiger partial charge in [0.2, 0.25) is 0 Å². The molecule has 7 nitrogen and oxygen atoms in total. The van der Waals surface area contributed by atoms with Crippen molar-refractivity contribution in [1.29, 1.82) is 0 Å². The highest BCUT2D eigenvalue weighted by Gasteiger charge is 2.25. The number of piperidine rings is 1. The summed E-state index contributed by atoms with van der Waals surface area (Å²) in [7, 11) is 0. The Balaban J connectivity index is 1.62. The molecular formula is C18H21BrN6O. The van der Waals surface area contributed by atoms with E-state index in [0.29, 0.717) is 6.54 Å². The molecule has 4 rings (SSSR count). The van der Waals surface area contributed by atoms with Crippen LogP contribution in [0.5, 0.6) is 0 Å². The maximum atomic E-state index is 10.1. The average Bonchev–Trinajstić information content (AvgIpc) is 3.02. The van der Waals surface area contributed by atoms with E-state index in [-0.39, 0.29) is 6.04 Å². The van der Waals surface area contributed by atoms with E-state index in [1.54, 1.807) is 6.33 Å². The fourth-order valence-electron chi connectivity index (χ4n) is 3.34. The van der Waals surface area contributed by atoms with Gasteiger partial charge in [-0.2, -0.15) is 5.10 Å². The van der Waals surface area contributed by atoms with E-state index in [9.17, 15) is 5.11 Å². The average molecular weight is 417 g/mol. The number of anilines is 2. The standard InChI is InChI=1S/C18H21BrN6O/c19-13-2-1-3-14(8-13)23-18-17-12(4-7-25(17)22-11-21-18)9-24-6-5-15(20)16(26)10-24/h1-4,7-8,11,15-16,26H,5-6,9-10,20H2,(H,21,22,23)/t15-,16-/m1/s1. The molecule has 1 fully saturated rings. The summed E-state index contributed by atoms with van der Waals surface area (Å²) in [6.07, 6.45) is 3.80. The van der Waals surface area contributed by atoms with Gasteiger partial charge in [0.15, 0.2) is 5.82 Å². The second-order valence-electron chi connectivity index (χ2n) is 6.63. The molecule has 3 aromatic rings. The van der Waals surface area contributed by atoms with Crippen molar-refractivity contribution in [3.05, 3.63) is 52.9 Å². The molecule has 1 aliphatic rings. The van der Waals surface area contributed by atoms with Crippen LogP contribution in [-0.2, 0) is 6.54 Å². The summed E-state index contributed by atoms with van der Waals surface area (Å²) in [6, 6.07) is 9.88. The molecule has 4 N–H and O–H groups in total. The Morgan fingerprint density at radius 2 is 2.23 bits per heavy atom. The zero-order valence-electron chi connectivity index (χ0n) is 14.2. The smallest absolute Gasteiger partial charge is 0.158 e.